The number of hydrogen-bond donors (Lipinski definition) is 0. The monoisotopic (exact) mass is 374 g/mol. The van der Waals surface area contributed by atoms with Crippen molar-refractivity contribution in [2.45, 2.75) is 91.4 Å². The van der Waals surface area contributed by atoms with Crippen LogP contribution >= 0.6 is 0 Å². The van der Waals surface area contributed by atoms with E-state index in [9.17, 15) is 9.59 Å². The van der Waals surface area contributed by atoms with Gasteiger partial charge in [0, 0.05) is 18.3 Å². The summed E-state index contributed by atoms with van der Waals surface area (Å²) in [5, 5.41) is 0. The molecule has 0 spiro atoms. The lowest BCUT2D eigenvalue weighted by molar-refractivity contribution is -0.141. The second-order valence-electron chi connectivity index (χ2n) is 9.84. The predicted octanol–water partition coefficient (Wildman–Crippen LogP) is 5.87. The van der Waals surface area contributed by atoms with Crippen LogP contribution in [0.2, 0.25) is 0 Å². The Morgan fingerprint density at radius 3 is 2.70 bits per heavy atom. The van der Waals surface area contributed by atoms with Gasteiger partial charge in [0.2, 0.25) is 0 Å². The van der Waals surface area contributed by atoms with Crippen molar-refractivity contribution in [3.05, 3.63) is 11.6 Å². The van der Waals surface area contributed by atoms with E-state index in [0.29, 0.717) is 30.0 Å². The zero-order valence-corrected chi connectivity index (χ0v) is 17.8. The van der Waals surface area contributed by atoms with E-state index in [1.807, 2.05) is 0 Å². The lowest BCUT2D eigenvalue weighted by Crippen LogP contribution is -2.48. The Morgan fingerprint density at radius 2 is 2.00 bits per heavy atom. The maximum Gasteiger partial charge on any atom is 0.305 e. The fraction of sp³-hybridized carbons (Fsp3) is 0.833. The molecule has 0 aromatic rings. The number of Topliss-reactive ketones (excluding diaryl/α,β-unsaturated/α-hetero) is 1. The summed E-state index contributed by atoms with van der Waals surface area (Å²) in [6, 6.07) is 0. The van der Waals surface area contributed by atoms with E-state index in [2.05, 4.69) is 26.8 Å². The summed E-state index contributed by atoms with van der Waals surface area (Å²) in [6.45, 7) is 6.86. The third-order valence-electron chi connectivity index (χ3n) is 8.22. The van der Waals surface area contributed by atoms with Gasteiger partial charge in [-0.05, 0) is 68.1 Å². The highest BCUT2D eigenvalue weighted by molar-refractivity contribution is 5.87. The van der Waals surface area contributed by atoms with Crippen molar-refractivity contribution in [3.8, 4) is 0 Å². The molecule has 0 radical (unpaired) electrons. The number of fused-ring (bicyclic) bond motifs is 3. The van der Waals surface area contributed by atoms with Crippen molar-refractivity contribution in [2.24, 2.45) is 28.6 Å². The molecule has 0 aromatic heterocycles. The minimum absolute atomic E-state index is 0.0611. The van der Waals surface area contributed by atoms with Crippen LogP contribution in [0, 0.1) is 28.6 Å². The van der Waals surface area contributed by atoms with Gasteiger partial charge in [-0.3, -0.25) is 9.59 Å². The highest BCUT2D eigenvalue weighted by atomic mass is 16.5. The normalized spacial score (nSPS) is 38.1. The molecule has 0 aromatic carbocycles. The molecule has 3 aliphatic rings. The first kappa shape index (κ1) is 20.6. The van der Waals surface area contributed by atoms with E-state index in [1.54, 1.807) is 5.57 Å². The third-order valence-corrected chi connectivity index (χ3v) is 8.22. The molecule has 0 amide bonds. The fourth-order valence-electron chi connectivity index (χ4n) is 6.60. The van der Waals surface area contributed by atoms with Crippen LogP contribution in [0.15, 0.2) is 11.6 Å². The number of rotatable bonds is 7. The van der Waals surface area contributed by atoms with Gasteiger partial charge in [0.15, 0.2) is 0 Å². The number of ether oxygens (including phenoxy) is 1. The minimum Gasteiger partial charge on any atom is -0.469 e. The predicted molar refractivity (Wildman–Crippen MR) is 108 cm³/mol. The summed E-state index contributed by atoms with van der Waals surface area (Å²) in [6.07, 6.45) is 14.1. The summed E-state index contributed by atoms with van der Waals surface area (Å²) in [5.74, 6) is 2.15. The van der Waals surface area contributed by atoms with Crippen LogP contribution in [0.1, 0.15) is 91.4 Å². The molecule has 0 N–H and O–H groups in total. The van der Waals surface area contributed by atoms with E-state index in [-0.39, 0.29) is 16.8 Å². The van der Waals surface area contributed by atoms with Gasteiger partial charge in [0.25, 0.3) is 0 Å². The van der Waals surface area contributed by atoms with Crippen LogP contribution in [0.25, 0.3) is 0 Å². The molecule has 0 saturated heterocycles. The van der Waals surface area contributed by atoms with Crippen LogP contribution in [0.3, 0.4) is 0 Å². The SMILES string of the molecule is CCCCCC1=C[C@](C)(CCC(=O)OC)[C@H]2CC[C@]3(C)C(=O)CC[C@H]3[C@@H]2C1. The Morgan fingerprint density at radius 1 is 1.22 bits per heavy atom. The highest BCUT2D eigenvalue weighted by Gasteiger charge is 2.57. The molecular formula is C24H38O3. The van der Waals surface area contributed by atoms with Gasteiger partial charge in [-0.15, -0.1) is 0 Å². The molecule has 2 fully saturated rings. The second kappa shape index (κ2) is 8.09. The number of hydrogen-bond acceptors (Lipinski definition) is 3. The fourth-order valence-corrected chi connectivity index (χ4v) is 6.60. The van der Waals surface area contributed by atoms with E-state index in [0.717, 1.165) is 32.1 Å². The highest BCUT2D eigenvalue weighted by Crippen LogP contribution is 2.62. The van der Waals surface area contributed by atoms with E-state index < -0.39 is 0 Å². The summed E-state index contributed by atoms with van der Waals surface area (Å²) in [4.78, 5) is 24.5. The van der Waals surface area contributed by atoms with Crippen molar-refractivity contribution < 1.29 is 14.3 Å². The molecule has 0 unspecified atom stereocenters. The first-order valence-electron chi connectivity index (χ1n) is 11.1. The van der Waals surface area contributed by atoms with Crippen LogP contribution in [-0.2, 0) is 14.3 Å². The zero-order valence-electron chi connectivity index (χ0n) is 17.8. The second-order valence-corrected chi connectivity index (χ2v) is 9.84. The summed E-state index contributed by atoms with van der Waals surface area (Å²) < 4.78 is 4.92. The Hall–Kier alpha value is -1.12. The molecule has 5 atom stereocenters. The maximum absolute atomic E-state index is 12.6. The number of allylic oxidation sites excluding steroid dienone is 2. The molecule has 27 heavy (non-hydrogen) atoms. The number of esters is 1. The molecule has 0 heterocycles. The summed E-state index contributed by atoms with van der Waals surface area (Å²) in [7, 11) is 1.48. The lowest BCUT2D eigenvalue weighted by Gasteiger charge is -2.54. The van der Waals surface area contributed by atoms with Gasteiger partial charge in [-0.2, -0.15) is 0 Å². The largest absolute Gasteiger partial charge is 0.469 e. The summed E-state index contributed by atoms with van der Waals surface area (Å²) in [5.41, 5.74) is 1.56. The molecule has 3 aliphatic carbocycles. The van der Waals surface area contributed by atoms with E-state index >= 15 is 0 Å². The van der Waals surface area contributed by atoms with Crippen molar-refractivity contribution in [1.82, 2.24) is 0 Å². The van der Waals surface area contributed by atoms with Gasteiger partial charge in [0.05, 0.1) is 7.11 Å². The summed E-state index contributed by atoms with van der Waals surface area (Å²) >= 11 is 0. The standard InChI is InChI=1S/C24H38O3/c1-5-6-7-8-17-15-18-19(23(2,16-17)13-12-22(26)27-4)11-14-24(3)20(18)9-10-21(24)25/h16,18-20H,5-15H2,1-4H3/t18-,19+,20+,23+,24+/m1/s1. The maximum atomic E-state index is 12.6. The Labute approximate surface area is 165 Å². The average Bonchev–Trinajstić information content (AvgIpc) is 2.95. The Balaban J connectivity index is 1.85. The average molecular weight is 375 g/mol. The van der Waals surface area contributed by atoms with Crippen molar-refractivity contribution >= 4 is 11.8 Å². The van der Waals surface area contributed by atoms with Crippen molar-refractivity contribution in [1.29, 1.82) is 0 Å². The number of unbranched alkanes of at least 4 members (excludes halogenated alkanes) is 2. The van der Waals surface area contributed by atoms with Gasteiger partial charge in [-0.25, -0.2) is 0 Å². The van der Waals surface area contributed by atoms with Gasteiger partial charge in [-0.1, -0.05) is 45.3 Å². The molecule has 2 saturated carbocycles. The van der Waals surface area contributed by atoms with E-state index in [1.165, 1.54) is 39.2 Å². The van der Waals surface area contributed by atoms with Gasteiger partial charge < -0.3 is 4.74 Å². The third kappa shape index (κ3) is 3.89. The quantitative estimate of drug-likeness (QED) is 0.318. The lowest BCUT2D eigenvalue weighted by atomic mass is 9.50. The zero-order chi connectivity index (χ0) is 19.7. The van der Waals surface area contributed by atoms with Crippen LogP contribution in [-0.4, -0.2) is 18.9 Å². The number of carbonyl (C=O) groups is 2. The molecule has 3 nitrogen and oxygen atoms in total. The molecule has 0 aliphatic heterocycles. The molecule has 3 rings (SSSR count). The molecule has 152 valence electrons. The number of methoxy groups -OCH3 is 1. The molecular weight excluding hydrogens is 336 g/mol. The Bertz CT molecular complexity index is 607. The number of ketones is 1. The van der Waals surface area contributed by atoms with Crippen molar-refractivity contribution in [3.63, 3.8) is 0 Å². The Kier molecular flexibility index (Phi) is 6.17. The van der Waals surface area contributed by atoms with Crippen LogP contribution in [0.5, 0.6) is 0 Å². The first-order chi connectivity index (χ1) is 12.8. The molecule has 3 heteroatoms. The smallest absolute Gasteiger partial charge is 0.305 e. The van der Waals surface area contributed by atoms with E-state index in [4.69, 9.17) is 4.74 Å². The van der Waals surface area contributed by atoms with Crippen molar-refractivity contribution in [2.75, 3.05) is 7.11 Å². The van der Waals surface area contributed by atoms with Crippen LogP contribution in [0.4, 0.5) is 0 Å². The topological polar surface area (TPSA) is 43.4 Å². The van der Waals surface area contributed by atoms with Gasteiger partial charge >= 0.3 is 5.97 Å². The molecule has 0 bridgehead atoms. The first-order valence-corrected chi connectivity index (χ1v) is 11.1. The number of carbonyl (C=O) groups excluding carboxylic acids is 2. The van der Waals surface area contributed by atoms with Crippen LogP contribution < -0.4 is 0 Å². The van der Waals surface area contributed by atoms with Gasteiger partial charge in [0.1, 0.15) is 5.78 Å². The minimum atomic E-state index is -0.101.